The summed E-state index contributed by atoms with van der Waals surface area (Å²) in [6.45, 7) is 9.78. The average molecular weight is 340 g/mol. The summed E-state index contributed by atoms with van der Waals surface area (Å²) < 4.78 is 0. The highest BCUT2D eigenvalue weighted by atomic mass is 16.2. The fourth-order valence-corrected chi connectivity index (χ4v) is 3.40. The molecular weight excluding hydrogens is 312 g/mol. The number of amides is 1. The Morgan fingerprint density at radius 2 is 1.88 bits per heavy atom. The SMILES string of the molecule is CCCc1cc(C(=O)N2CCN([C@H](C)c3ccc(C)cc3)CC2)n[nH]1. The van der Waals surface area contributed by atoms with Gasteiger partial charge in [-0.05, 0) is 31.9 Å². The van der Waals surface area contributed by atoms with Crippen molar-refractivity contribution in [1.82, 2.24) is 20.0 Å². The first kappa shape index (κ1) is 17.7. The maximum Gasteiger partial charge on any atom is 0.274 e. The molecule has 0 aliphatic carbocycles. The fraction of sp³-hybridized carbons (Fsp3) is 0.500. The topological polar surface area (TPSA) is 52.2 Å². The molecule has 1 atom stereocenters. The largest absolute Gasteiger partial charge is 0.335 e. The zero-order valence-electron chi connectivity index (χ0n) is 15.5. The van der Waals surface area contributed by atoms with Crippen LogP contribution in [0.2, 0.25) is 0 Å². The van der Waals surface area contributed by atoms with E-state index in [1.54, 1.807) is 0 Å². The van der Waals surface area contributed by atoms with Crippen LogP contribution in [0.15, 0.2) is 30.3 Å². The molecule has 2 aromatic rings. The summed E-state index contributed by atoms with van der Waals surface area (Å²) in [5.41, 5.74) is 4.20. The molecule has 1 aromatic heterocycles. The van der Waals surface area contributed by atoms with E-state index < -0.39 is 0 Å². The van der Waals surface area contributed by atoms with Gasteiger partial charge in [-0.2, -0.15) is 5.10 Å². The van der Waals surface area contributed by atoms with E-state index in [1.807, 2.05) is 11.0 Å². The number of aromatic amines is 1. The zero-order valence-corrected chi connectivity index (χ0v) is 15.5. The molecule has 1 aromatic carbocycles. The van der Waals surface area contributed by atoms with E-state index in [4.69, 9.17) is 0 Å². The summed E-state index contributed by atoms with van der Waals surface area (Å²) in [5, 5.41) is 7.16. The molecule has 0 saturated carbocycles. The minimum atomic E-state index is 0.0428. The number of H-pyrrole nitrogens is 1. The molecule has 134 valence electrons. The lowest BCUT2D eigenvalue weighted by Crippen LogP contribution is -2.49. The van der Waals surface area contributed by atoms with Gasteiger partial charge in [0.2, 0.25) is 0 Å². The Balaban J connectivity index is 1.57. The molecule has 1 aliphatic rings. The standard InChI is InChI=1S/C20H28N4O/c1-4-5-18-14-19(22-21-18)20(25)24-12-10-23(11-13-24)16(3)17-8-6-15(2)7-9-17/h6-9,14,16H,4-5,10-13H2,1-3H3,(H,21,22)/t16-/m1/s1. The molecule has 25 heavy (non-hydrogen) atoms. The maximum absolute atomic E-state index is 12.6. The summed E-state index contributed by atoms with van der Waals surface area (Å²) in [7, 11) is 0. The van der Waals surface area contributed by atoms with Gasteiger partial charge in [0.1, 0.15) is 5.69 Å². The Hall–Kier alpha value is -2.14. The molecule has 1 N–H and O–H groups in total. The van der Waals surface area contributed by atoms with Gasteiger partial charge in [-0.3, -0.25) is 14.8 Å². The van der Waals surface area contributed by atoms with E-state index in [2.05, 4.69) is 60.1 Å². The van der Waals surface area contributed by atoms with E-state index in [0.717, 1.165) is 44.7 Å². The van der Waals surface area contributed by atoms with E-state index in [1.165, 1.54) is 11.1 Å². The van der Waals surface area contributed by atoms with Crippen LogP contribution >= 0.6 is 0 Å². The van der Waals surface area contributed by atoms with Crippen LogP contribution in [0.3, 0.4) is 0 Å². The average Bonchev–Trinajstić information content (AvgIpc) is 3.10. The van der Waals surface area contributed by atoms with Gasteiger partial charge in [0.15, 0.2) is 0 Å². The van der Waals surface area contributed by atoms with Gasteiger partial charge in [-0.1, -0.05) is 43.2 Å². The van der Waals surface area contributed by atoms with Crippen molar-refractivity contribution in [3.63, 3.8) is 0 Å². The second kappa shape index (κ2) is 7.83. The normalized spacial score (nSPS) is 16.8. The Bertz CT molecular complexity index is 699. The second-order valence-corrected chi connectivity index (χ2v) is 6.94. The van der Waals surface area contributed by atoms with Crippen molar-refractivity contribution in [2.24, 2.45) is 0 Å². The molecule has 5 heteroatoms. The van der Waals surface area contributed by atoms with Crippen LogP contribution in [-0.2, 0) is 6.42 Å². The van der Waals surface area contributed by atoms with Crippen LogP contribution in [0.1, 0.15) is 53.6 Å². The molecule has 5 nitrogen and oxygen atoms in total. The number of carbonyl (C=O) groups is 1. The highest BCUT2D eigenvalue weighted by Gasteiger charge is 2.26. The molecule has 0 spiro atoms. The van der Waals surface area contributed by atoms with Crippen molar-refractivity contribution in [3.05, 3.63) is 52.8 Å². The molecule has 0 unspecified atom stereocenters. The lowest BCUT2D eigenvalue weighted by Gasteiger charge is -2.38. The van der Waals surface area contributed by atoms with Crippen LogP contribution in [0, 0.1) is 6.92 Å². The van der Waals surface area contributed by atoms with Gasteiger partial charge < -0.3 is 4.90 Å². The Morgan fingerprint density at radius 3 is 2.52 bits per heavy atom. The minimum Gasteiger partial charge on any atom is -0.335 e. The van der Waals surface area contributed by atoms with Gasteiger partial charge in [-0.25, -0.2) is 0 Å². The predicted octanol–water partition coefficient (Wildman–Crippen LogP) is 3.19. The first-order valence-electron chi connectivity index (χ1n) is 9.22. The van der Waals surface area contributed by atoms with Gasteiger partial charge >= 0.3 is 0 Å². The molecule has 2 heterocycles. The lowest BCUT2D eigenvalue weighted by molar-refractivity contribution is 0.0576. The Labute approximate surface area is 150 Å². The summed E-state index contributed by atoms with van der Waals surface area (Å²) in [6, 6.07) is 11.0. The third-order valence-corrected chi connectivity index (χ3v) is 5.08. The van der Waals surface area contributed by atoms with Gasteiger partial charge in [0.25, 0.3) is 5.91 Å². The number of benzene rings is 1. The number of nitrogens with one attached hydrogen (secondary N) is 1. The molecule has 0 radical (unpaired) electrons. The number of nitrogens with zero attached hydrogens (tertiary/aromatic N) is 3. The lowest BCUT2D eigenvalue weighted by atomic mass is 10.0. The van der Waals surface area contributed by atoms with Crippen molar-refractivity contribution in [1.29, 1.82) is 0 Å². The van der Waals surface area contributed by atoms with E-state index in [9.17, 15) is 4.79 Å². The number of aromatic nitrogens is 2. The van der Waals surface area contributed by atoms with Crippen molar-refractivity contribution < 1.29 is 4.79 Å². The molecular formula is C20H28N4O. The third kappa shape index (κ3) is 4.10. The second-order valence-electron chi connectivity index (χ2n) is 6.94. The number of aryl methyl sites for hydroxylation is 2. The van der Waals surface area contributed by atoms with E-state index >= 15 is 0 Å². The molecule has 0 bridgehead atoms. The summed E-state index contributed by atoms with van der Waals surface area (Å²) in [4.78, 5) is 17.0. The first-order chi connectivity index (χ1) is 12.1. The number of carbonyl (C=O) groups excluding carboxylic acids is 1. The Morgan fingerprint density at radius 1 is 1.20 bits per heavy atom. The van der Waals surface area contributed by atoms with Crippen LogP contribution in [-0.4, -0.2) is 52.1 Å². The van der Waals surface area contributed by atoms with Gasteiger partial charge in [0.05, 0.1) is 0 Å². The van der Waals surface area contributed by atoms with Crippen molar-refractivity contribution in [2.75, 3.05) is 26.2 Å². The summed E-state index contributed by atoms with van der Waals surface area (Å²) >= 11 is 0. The quantitative estimate of drug-likeness (QED) is 0.909. The smallest absolute Gasteiger partial charge is 0.274 e. The highest BCUT2D eigenvalue weighted by Crippen LogP contribution is 2.22. The summed E-state index contributed by atoms with van der Waals surface area (Å²) in [5.74, 6) is 0.0428. The minimum absolute atomic E-state index is 0.0428. The van der Waals surface area contributed by atoms with Crippen LogP contribution in [0.4, 0.5) is 0 Å². The number of piperazine rings is 1. The van der Waals surface area contributed by atoms with E-state index in [-0.39, 0.29) is 5.91 Å². The number of rotatable bonds is 5. The third-order valence-electron chi connectivity index (χ3n) is 5.08. The zero-order chi connectivity index (χ0) is 17.8. The molecule has 1 fully saturated rings. The summed E-state index contributed by atoms with van der Waals surface area (Å²) in [6.07, 6.45) is 1.98. The molecule has 1 saturated heterocycles. The van der Waals surface area contributed by atoms with Crippen molar-refractivity contribution >= 4 is 5.91 Å². The van der Waals surface area contributed by atoms with Crippen LogP contribution in [0.5, 0.6) is 0 Å². The van der Waals surface area contributed by atoms with Crippen molar-refractivity contribution in [2.45, 2.75) is 39.7 Å². The monoisotopic (exact) mass is 340 g/mol. The van der Waals surface area contributed by atoms with Crippen molar-refractivity contribution in [3.8, 4) is 0 Å². The van der Waals surface area contributed by atoms with Crippen LogP contribution in [0.25, 0.3) is 0 Å². The van der Waals surface area contributed by atoms with Crippen LogP contribution < -0.4 is 0 Å². The first-order valence-corrected chi connectivity index (χ1v) is 9.22. The Kier molecular flexibility index (Phi) is 5.53. The molecule has 1 aliphatic heterocycles. The molecule has 1 amide bonds. The van der Waals surface area contributed by atoms with E-state index in [0.29, 0.717) is 11.7 Å². The fourth-order valence-electron chi connectivity index (χ4n) is 3.40. The predicted molar refractivity (Wildman–Crippen MR) is 99.7 cm³/mol. The number of hydrogen-bond donors (Lipinski definition) is 1. The van der Waals surface area contributed by atoms with Gasteiger partial charge in [0, 0.05) is 37.9 Å². The number of hydrogen-bond acceptors (Lipinski definition) is 3. The maximum atomic E-state index is 12.6. The van der Waals surface area contributed by atoms with Gasteiger partial charge in [-0.15, -0.1) is 0 Å². The highest BCUT2D eigenvalue weighted by molar-refractivity contribution is 5.92. The molecule has 3 rings (SSSR count).